The topological polar surface area (TPSA) is 83.9 Å². The lowest BCUT2D eigenvalue weighted by Gasteiger charge is -2.12. The van der Waals surface area contributed by atoms with Crippen molar-refractivity contribution in [3.8, 4) is 5.75 Å². The Bertz CT molecular complexity index is 904. The van der Waals surface area contributed by atoms with Crippen molar-refractivity contribution in [3.05, 3.63) is 70.1 Å². The SMILES string of the molecule is COc1ccc(/C=C2/SC(=O)N(Cc3cccc(C(=O)O)c3)C2=O)cc1. The quantitative estimate of drug-likeness (QED) is 0.810. The van der Waals surface area contributed by atoms with Crippen molar-refractivity contribution in [3.63, 3.8) is 0 Å². The monoisotopic (exact) mass is 369 g/mol. The van der Waals surface area contributed by atoms with E-state index in [1.807, 2.05) is 0 Å². The van der Waals surface area contributed by atoms with Gasteiger partial charge in [0.15, 0.2) is 0 Å². The lowest BCUT2D eigenvalue weighted by atomic mass is 10.1. The summed E-state index contributed by atoms with van der Waals surface area (Å²) in [4.78, 5) is 37.2. The fourth-order valence-electron chi connectivity index (χ4n) is 2.47. The molecule has 0 aliphatic carbocycles. The summed E-state index contributed by atoms with van der Waals surface area (Å²) in [6.07, 6.45) is 1.65. The molecule has 1 heterocycles. The number of carboxylic acids is 1. The van der Waals surface area contributed by atoms with E-state index in [1.165, 1.54) is 12.1 Å². The van der Waals surface area contributed by atoms with Gasteiger partial charge in [0.1, 0.15) is 5.75 Å². The molecule has 6 nitrogen and oxygen atoms in total. The Morgan fingerprint density at radius 1 is 1.19 bits per heavy atom. The van der Waals surface area contributed by atoms with Gasteiger partial charge in [-0.25, -0.2) is 4.79 Å². The van der Waals surface area contributed by atoms with Gasteiger partial charge in [-0.05, 0) is 53.2 Å². The van der Waals surface area contributed by atoms with Crippen LogP contribution in [0.4, 0.5) is 4.79 Å². The molecule has 1 aliphatic heterocycles. The number of rotatable bonds is 5. The van der Waals surface area contributed by atoms with Crippen molar-refractivity contribution in [2.24, 2.45) is 0 Å². The number of carbonyl (C=O) groups excluding carboxylic acids is 2. The van der Waals surface area contributed by atoms with E-state index in [9.17, 15) is 14.4 Å². The lowest BCUT2D eigenvalue weighted by molar-refractivity contribution is -0.123. The summed E-state index contributed by atoms with van der Waals surface area (Å²) in [5.74, 6) is -0.745. The Hall–Kier alpha value is -3.06. The van der Waals surface area contributed by atoms with Crippen molar-refractivity contribution in [2.45, 2.75) is 6.54 Å². The molecule has 0 atom stereocenters. The molecule has 1 saturated heterocycles. The maximum absolute atomic E-state index is 12.5. The third-order valence-electron chi connectivity index (χ3n) is 3.80. The molecule has 2 aromatic rings. The fraction of sp³-hybridized carbons (Fsp3) is 0.105. The smallest absolute Gasteiger partial charge is 0.335 e. The van der Waals surface area contributed by atoms with Gasteiger partial charge in [0, 0.05) is 0 Å². The predicted molar refractivity (Wildman–Crippen MR) is 97.9 cm³/mol. The van der Waals surface area contributed by atoms with Crippen molar-refractivity contribution in [1.82, 2.24) is 4.90 Å². The fourth-order valence-corrected chi connectivity index (χ4v) is 3.31. The van der Waals surface area contributed by atoms with Gasteiger partial charge >= 0.3 is 5.97 Å². The molecule has 1 N–H and O–H groups in total. The minimum Gasteiger partial charge on any atom is -0.497 e. The zero-order valence-corrected chi connectivity index (χ0v) is 14.7. The van der Waals surface area contributed by atoms with Crippen LogP contribution in [0.1, 0.15) is 21.5 Å². The second kappa shape index (κ2) is 7.45. The average molecular weight is 369 g/mol. The van der Waals surface area contributed by atoms with Crippen LogP contribution in [0.15, 0.2) is 53.4 Å². The van der Waals surface area contributed by atoms with Crippen LogP contribution in [-0.4, -0.2) is 34.2 Å². The number of aromatic carboxylic acids is 1. The Labute approximate surface area is 154 Å². The number of hydrogen-bond donors (Lipinski definition) is 1. The van der Waals surface area contributed by atoms with Gasteiger partial charge in [-0.1, -0.05) is 24.3 Å². The zero-order chi connectivity index (χ0) is 18.7. The van der Waals surface area contributed by atoms with Crippen LogP contribution in [0.25, 0.3) is 6.08 Å². The molecule has 1 fully saturated rings. The molecule has 3 rings (SSSR count). The van der Waals surface area contributed by atoms with Crippen molar-refractivity contribution in [1.29, 1.82) is 0 Å². The summed E-state index contributed by atoms with van der Waals surface area (Å²) in [6.45, 7) is 0.0335. The minimum atomic E-state index is -1.06. The molecule has 2 aromatic carbocycles. The number of hydrogen-bond acceptors (Lipinski definition) is 5. The number of methoxy groups -OCH3 is 1. The van der Waals surface area contributed by atoms with Crippen LogP contribution in [0.2, 0.25) is 0 Å². The maximum atomic E-state index is 12.5. The number of thioether (sulfide) groups is 1. The number of ether oxygens (including phenoxy) is 1. The predicted octanol–water partition coefficient (Wildman–Crippen LogP) is 3.63. The van der Waals surface area contributed by atoms with Crippen LogP contribution in [0.5, 0.6) is 5.75 Å². The molecule has 132 valence electrons. The number of nitrogens with zero attached hydrogens (tertiary/aromatic N) is 1. The van der Waals surface area contributed by atoms with Gasteiger partial charge in [-0.15, -0.1) is 0 Å². The number of amides is 2. The molecule has 0 aromatic heterocycles. The summed E-state index contributed by atoms with van der Waals surface area (Å²) in [5.41, 5.74) is 1.48. The first-order chi connectivity index (χ1) is 12.5. The summed E-state index contributed by atoms with van der Waals surface area (Å²) in [6, 6.07) is 13.3. The van der Waals surface area contributed by atoms with Gasteiger partial charge < -0.3 is 9.84 Å². The molecular weight excluding hydrogens is 354 g/mol. The van der Waals surface area contributed by atoms with Gasteiger partial charge in [0.2, 0.25) is 0 Å². The van der Waals surface area contributed by atoms with E-state index in [2.05, 4.69) is 0 Å². The Morgan fingerprint density at radius 2 is 1.92 bits per heavy atom. The van der Waals surface area contributed by atoms with E-state index in [4.69, 9.17) is 9.84 Å². The molecule has 0 radical (unpaired) electrons. The molecule has 26 heavy (non-hydrogen) atoms. The van der Waals surface area contributed by atoms with Crippen LogP contribution in [0, 0.1) is 0 Å². The van der Waals surface area contributed by atoms with Crippen LogP contribution in [0.3, 0.4) is 0 Å². The molecule has 0 spiro atoms. The summed E-state index contributed by atoms with van der Waals surface area (Å²) < 4.78 is 5.09. The molecule has 2 amide bonds. The number of benzene rings is 2. The molecule has 0 saturated carbocycles. The van der Waals surface area contributed by atoms with Crippen molar-refractivity contribution < 1.29 is 24.2 Å². The van der Waals surface area contributed by atoms with E-state index in [-0.39, 0.29) is 17.3 Å². The van der Waals surface area contributed by atoms with E-state index in [1.54, 1.807) is 49.6 Å². The second-order valence-electron chi connectivity index (χ2n) is 5.55. The number of imide groups is 1. The number of carbonyl (C=O) groups is 3. The normalized spacial score (nSPS) is 15.6. The molecule has 0 unspecified atom stereocenters. The molecule has 7 heteroatoms. The zero-order valence-electron chi connectivity index (χ0n) is 13.8. The second-order valence-corrected chi connectivity index (χ2v) is 6.54. The Morgan fingerprint density at radius 3 is 2.58 bits per heavy atom. The standard InChI is InChI=1S/C19H15NO5S/c1-25-15-7-5-12(6-8-15)10-16-17(21)20(19(24)26-16)11-13-3-2-4-14(9-13)18(22)23/h2-10H,11H2,1H3,(H,22,23)/b16-10+. The summed E-state index contributed by atoms with van der Waals surface area (Å²) in [5, 5.41) is 8.67. The van der Waals surface area contributed by atoms with Gasteiger partial charge in [-0.3, -0.25) is 14.5 Å². The third-order valence-corrected chi connectivity index (χ3v) is 4.71. The highest BCUT2D eigenvalue weighted by molar-refractivity contribution is 8.18. The molecule has 1 aliphatic rings. The number of carboxylic acid groups (broad SMARTS) is 1. The van der Waals surface area contributed by atoms with Crippen LogP contribution >= 0.6 is 11.8 Å². The highest BCUT2D eigenvalue weighted by Crippen LogP contribution is 2.33. The third kappa shape index (κ3) is 3.78. The maximum Gasteiger partial charge on any atom is 0.335 e. The average Bonchev–Trinajstić information content (AvgIpc) is 2.90. The minimum absolute atomic E-state index is 0.0335. The Kier molecular flexibility index (Phi) is 5.09. The van der Waals surface area contributed by atoms with E-state index >= 15 is 0 Å². The van der Waals surface area contributed by atoms with Crippen molar-refractivity contribution >= 4 is 35.0 Å². The van der Waals surface area contributed by atoms with Crippen molar-refractivity contribution in [2.75, 3.05) is 7.11 Å². The summed E-state index contributed by atoms with van der Waals surface area (Å²) in [7, 11) is 1.57. The lowest BCUT2D eigenvalue weighted by Crippen LogP contribution is -2.27. The largest absolute Gasteiger partial charge is 0.497 e. The summed E-state index contributed by atoms with van der Waals surface area (Å²) >= 11 is 0.867. The van der Waals surface area contributed by atoms with Gasteiger partial charge in [0.05, 0.1) is 24.1 Å². The van der Waals surface area contributed by atoms with Crippen LogP contribution < -0.4 is 4.74 Å². The first kappa shape index (κ1) is 17.8. The first-order valence-corrected chi connectivity index (χ1v) is 8.51. The van der Waals surface area contributed by atoms with Crippen LogP contribution in [-0.2, 0) is 11.3 Å². The van der Waals surface area contributed by atoms with Gasteiger partial charge in [0.25, 0.3) is 11.1 Å². The first-order valence-electron chi connectivity index (χ1n) is 7.69. The van der Waals surface area contributed by atoms with E-state index in [0.29, 0.717) is 16.2 Å². The highest BCUT2D eigenvalue weighted by atomic mass is 32.2. The molecular formula is C19H15NO5S. The molecule has 0 bridgehead atoms. The van der Waals surface area contributed by atoms with E-state index < -0.39 is 11.9 Å². The van der Waals surface area contributed by atoms with E-state index in [0.717, 1.165) is 22.2 Å². The highest BCUT2D eigenvalue weighted by Gasteiger charge is 2.35. The Balaban J connectivity index is 1.79. The van der Waals surface area contributed by atoms with Gasteiger partial charge in [-0.2, -0.15) is 0 Å².